The third-order valence-corrected chi connectivity index (χ3v) is 7.32. The number of carboxylic acid groups (broad SMARTS) is 1. The Labute approximate surface area is 241 Å². The third kappa shape index (κ3) is 8.40. The smallest absolute Gasteiger partial charge is 0.326 e. The van der Waals surface area contributed by atoms with Crippen molar-refractivity contribution in [1.29, 1.82) is 0 Å². The predicted octanol–water partition coefficient (Wildman–Crippen LogP) is 5.62. The van der Waals surface area contributed by atoms with Gasteiger partial charge in [-0.05, 0) is 84.4 Å². The number of amides is 1. The predicted molar refractivity (Wildman–Crippen MR) is 154 cm³/mol. The molecule has 0 saturated heterocycles. The molecule has 0 spiro atoms. The fourth-order valence-corrected chi connectivity index (χ4v) is 4.88. The van der Waals surface area contributed by atoms with E-state index in [0.717, 1.165) is 11.1 Å². The SMILES string of the molecule is CSCC[C@H](NC(=O)c1cc(OCC(c2ccc(F)cc2)c2ncc[nH]2)ccc1CCc1ccc(F)cc1)C(=O)O. The lowest BCUT2D eigenvalue weighted by molar-refractivity contribution is -0.139. The van der Waals surface area contributed by atoms with Crippen LogP contribution in [0.5, 0.6) is 5.75 Å². The Hall–Kier alpha value is -4.18. The summed E-state index contributed by atoms with van der Waals surface area (Å²) in [6.07, 6.45) is 6.51. The number of hydrogen-bond acceptors (Lipinski definition) is 5. The Morgan fingerprint density at radius 2 is 1.73 bits per heavy atom. The van der Waals surface area contributed by atoms with Gasteiger partial charge in [0.15, 0.2) is 0 Å². The maximum absolute atomic E-state index is 13.6. The maximum atomic E-state index is 13.6. The van der Waals surface area contributed by atoms with Gasteiger partial charge < -0.3 is 20.1 Å². The lowest BCUT2D eigenvalue weighted by Crippen LogP contribution is -2.41. The van der Waals surface area contributed by atoms with E-state index >= 15 is 0 Å². The fourth-order valence-electron chi connectivity index (χ4n) is 4.41. The molecule has 3 N–H and O–H groups in total. The van der Waals surface area contributed by atoms with Gasteiger partial charge in [-0.2, -0.15) is 11.8 Å². The number of aromatic amines is 1. The van der Waals surface area contributed by atoms with E-state index in [4.69, 9.17) is 4.74 Å². The minimum absolute atomic E-state index is 0.153. The first-order chi connectivity index (χ1) is 19.8. The normalized spacial score (nSPS) is 12.5. The van der Waals surface area contributed by atoms with Gasteiger partial charge >= 0.3 is 5.97 Å². The molecule has 0 saturated carbocycles. The summed E-state index contributed by atoms with van der Waals surface area (Å²) < 4.78 is 33.0. The molecule has 1 heterocycles. The Morgan fingerprint density at radius 1 is 1.02 bits per heavy atom. The molecule has 0 fully saturated rings. The number of nitrogens with one attached hydrogen (secondary N) is 2. The molecule has 41 heavy (non-hydrogen) atoms. The molecule has 0 aliphatic carbocycles. The average molecular weight is 580 g/mol. The number of carbonyl (C=O) groups is 2. The molecule has 4 rings (SSSR count). The number of rotatable bonds is 14. The van der Waals surface area contributed by atoms with Crippen molar-refractivity contribution in [2.45, 2.75) is 31.2 Å². The Kier molecular flexibility index (Phi) is 10.5. The van der Waals surface area contributed by atoms with Crippen LogP contribution in [0.2, 0.25) is 0 Å². The van der Waals surface area contributed by atoms with Gasteiger partial charge in [0, 0.05) is 18.0 Å². The molecular weight excluding hydrogens is 548 g/mol. The second-order valence-electron chi connectivity index (χ2n) is 9.48. The van der Waals surface area contributed by atoms with Gasteiger partial charge in [-0.1, -0.05) is 30.3 Å². The van der Waals surface area contributed by atoms with Crippen LogP contribution in [0.4, 0.5) is 8.78 Å². The first kappa shape index (κ1) is 29.8. The highest BCUT2D eigenvalue weighted by atomic mass is 32.2. The van der Waals surface area contributed by atoms with Crippen molar-refractivity contribution in [2.24, 2.45) is 0 Å². The number of hydrogen-bond donors (Lipinski definition) is 3. The van der Waals surface area contributed by atoms with E-state index in [1.165, 1.54) is 36.0 Å². The first-order valence-corrected chi connectivity index (χ1v) is 14.5. The van der Waals surface area contributed by atoms with Crippen LogP contribution < -0.4 is 10.1 Å². The van der Waals surface area contributed by atoms with Crippen molar-refractivity contribution in [3.8, 4) is 5.75 Å². The molecule has 1 aromatic heterocycles. The molecule has 1 unspecified atom stereocenters. The largest absolute Gasteiger partial charge is 0.492 e. The lowest BCUT2D eigenvalue weighted by atomic mass is 9.98. The number of imidazole rings is 1. The van der Waals surface area contributed by atoms with Crippen molar-refractivity contribution >= 4 is 23.6 Å². The molecule has 0 bridgehead atoms. The number of carboxylic acids is 1. The molecule has 0 radical (unpaired) electrons. The number of benzene rings is 3. The van der Waals surface area contributed by atoms with Crippen LogP contribution in [0.15, 0.2) is 79.1 Å². The molecule has 10 heteroatoms. The van der Waals surface area contributed by atoms with Crippen LogP contribution >= 0.6 is 11.8 Å². The van der Waals surface area contributed by atoms with Gasteiger partial charge in [-0.3, -0.25) is 4.79 Å². The zero-order valence-electron chi connectivity index (χ0n) is 22.5. The van der Waals surface area contributed by atoms with E-state index in [9.17, 15) is 23.5 Å². The van der Waals surface area contributed by atoms with Gasteiger partial charge in [0.1, 0.15) is 35.9 Å². The second-order valence-corrected chi connectivity index (χ2v) is 10.5. The van der Waals surface area contributed by atoms with Gasteiger partial charge in [0.05, 0.1) is 5.92 Å². The molecule has 3 aromatic carbocycles. The maximum Gasteiger partial charge on any atom is 0.326 e. The van der Waals surface area contributed by atoms with Crippen LogP contribution in [0, 0.1) is 11.6 Å². The number of carbonyl (C=O) groups excluding carboxylic acids is 1. The van der Waals surface area contributed by atoms with Crippen LogP contribution in [0.1, 0.15) is 45.2 Å². The van der Waals surface area contributed by atoms with Crippen LogP contribution in [-0.2, 0) is 17.6 Å². The van der Waals surface area contributed by atoms with Gasteiger partial charge in [-0.15, -0.1) is 0 Å². The van der Waals surface area contributed by atoms with Crippen molar-refractivity contribution in [3.63, 3.8) is 0 Å². The molecule has 0 aliphatic heterocycles. The highest BCUT2D eigenvalue weighted by Crippen LogP contribution is 2.26. The Balaban J connectivity index is 1.58. The van der Waals surface area contributed by atoms with Crippen LogP contribution in [0.25, 0.3) is 0 Å². The fraction of sp³-hybridized carbons (Fsp3) is 0.258. The molecular formula is C31H31F2N3O4S. The van der Waals surface area contributed by atoms with Gasteiger partial charge in [-0.25, -0.2) is 18.6 Å². The third-order valence-electron chi connectivity index (χ3n) is 6.67. The summed E-state index contributed by atoms with van der Waals surface area (Å²) >= 11 is 1.50. The van der Waals surface area contributed by atoms with Crippen molar-refractivity contribution in [2.75, 3.05) is 18.6 Å². The van der Waals surface area contributed by atoms with E-state index in [-0.39, 0.29) is 30.6 Å². The van der Waals surface area contributed by atoms with Gasteiger partial charge in [0.25, 0.3) is 5.91 Å². The quantitative estimate of drug-likeness (QED) is 0.179. The summed E-state index contributed by atoms with van der Waals surface area (Å²) in [4.78, 5) is 32.6. The summed E-state index contributed by atoms with van der Waals surface area (Å²) in [6.45, 7) is 0.153. The summed E-state index contributed by atoms with van der Waals surface area (Å²) in [5.41, 5.74) is 2.71. The van der Waals surface area contributed by atoms with Crippen LogP contribution in [0.3, 0.4) is 0 Å². The minimum atomic E-state index is -1.10. The zero-order chi connectivity index (χ0) is 29.2. The highest BCUT2D eigenvalue weighted by Gasteiger charge is 2.23. The summed E-state index contributed by atoms with van der Waals surface area (Å²) in [6, 6.07) is 16.4. The average Bonchev–Trinajstić information content (AvgIpc) is 3.51. The number of ether oxygens (including phenoxy) is 1. The number of nitrogens with zero attached hydrogens (tertiary/aromatic N) is 1. The zero-order valence-corrected chi connectivity index (χ0v) is 23.3. The van der Waals surface area contributed by atoms with E-state index in [1.54, 1.807) is 54.9 Å². The topological polar surface area (TPSA) is 104 Å². The monoisotopic (exact) mass is 579 g/mol. The van der Waals surface area contributed by atoms with E-state index < -0.39 is 17.9 Å². The molecule has 214 valence electrons. The molecule has 2 atom stereocenters. The molecule has 7 nitrogen and oxygen atoms in total. The van der Waals surface area contributed by atoms with E-state index in [0.29, 0.717) is 41.3 Å². The number of aryl methyl sites for hydroxylation is 2. The minimum Gasteiger partial charge on any atom is -0.492 e. The summed E-state index contributed by atoms with van der Waals surface area (Å²) in [5.74, 6) is -0.990. The van der Waals surface area contributed by atoms with E-state index in [1.807, 2.05) is 6.26 Å². The number of aromatic nitrogens is 2. The number of aliphatic carboxylic acids is 1. The lowest BCUT2D eigenvalue weighted by Gasteiger charge is -2.19. The van der Waals surface area contributed by atoms with Crippen molar-refractivity contribution in [3.05, 3.63) is 119 Å². The summed E-state index contributed by atoms with van der Waals surface area (Å²) in [7, 11) is 0. The Morgan fingerprint density at radius 3 is 2.37 bits per heavy atom. The number of thioether (sulfide) groups is 1. The number of halogens is 2. The second kappa shape index (κ2) is 14.5. The standard InChI is InChI=1S/C31H31F2N3O4S/c1-41-17-14-28(31(38)39)36-30(37)26-18-25(13-8-21(26)5-2-20-3-9-23(32)10-4-20)40-19-27(29-34-15-16-35-29)22-6-11-24(33)12-7-22/h3-4,6-13,15-16,18,27-28H,2,5,14,17,19H2,1H3,(H,34,35)(H,36,37)(H,38,39)/t27?,28-/m0/s1. The van der Waals surface area contributed by atoms with Gasteiger partial charge in [0.2, 0.25) is 0 Å². The summed E-state index contributed by atoms with van der Waals surface area (Å²) in [5, 5.41) is 12.3. The first-order valence-electron chi connectivity index (χ1n) is 13.1. The number of H-pyrrole nitrogens is 1. The highest BCUT2D eigenvalue weighted by molar-refractivity contribution is 7.98. The Bertz CT molecular complexity index is 1430. The van der Waals surface area contributed by atoms with Crippen molar-refractivity contribution in [1.82, 2.24) is 15.3 Å². The molecule has 1 amide bonds. The van der Waals surface area contributed by atoms with E-state index in [2.05, 4.69) is 15.3 Å². The molecule has 4 aromatic rings. The van der Waals surface area contributed by atoms with Crippen molar-refractivity contribution < 1.29 is 28.2 Å². The molecule has 0 aliphatic rings. The van der Waals surface area contributed by atoms with Crippen LogP contribution in [-0.4, -0.2) is 51.6 Å².